The van der Waals surface area contributed by atoms with E-state index < -0.39 is 0 Å². The molecular weight excluding hydrogens is 320 g/mol. The molecule has 0 aromatic heterocycles. The Morgan fingerprint density at radius 1 is 1.17 bits per heavy atom. The number of carbonyl (C=O) groups is 2. The van der Waals surface area contributed by atoms with Gasteiger partial charge in [0.05, 0.1) is 5.88 Å². The fraction of sp³-hybridized carbons (Fsp3) is 0.579. The predicted molar refractivity (Wildman–Crippen MR) is 100 cm³/mol. The molecular formula is C19H28N2O2S. The number of thioether (sulfide) groups is 1. The summed E-state index contributed by atoms with van der Waals surface area (Å²) in [5, 5.41) is 0. The third-order valence-electron chi connectivity index (χ3n) is 4.50. The van der Waals surface area contributed by atoms with Gasteiger partial charge in [-0.25, -0.2) is 0 Å². The predicted octanol–water partition coefficient (Wildman–Crippen LogP) is 3.37. The molecule has 132 valence electrons. The van der Waals surface area contributed by atoms with Crippen molar-refractivity contribution >= 4 is 23.6 Å². The van der Waals surface area contributed by atoms with Crippen LogP contribution in [0.15, 0.2) is 24.3 Å². The first-order valence-corrected chi connectivity index (χ1v) is 9.73. The summed E-state index contributed by atoms with van der Waals surface area (Å²) < 4.78 is 0. The minimum Gasteiger partial charge on any atom is -0.341 e. The normalized spacial score (nSPS) is 17.9. The van der Waals surface area contributed by atoms with Crippen molar-refractivity contribution in [2.75, 3.05) is 24.7 Å². The van der Waals surface area contributed by atoms with Crippen molar-refractivity contribution in [3.05, 3.63) is 35.4 Å². The van der Waals surface area contributed by atoms with Crippen molar-refractivity contribution in [3.8, 4) is 0 Å². The summed E-state index contributed by atoms with van der Waals surface area (Å²) in [7, 11) is 0. The second kappa shape index (κ2) is 7.60. The lowest BCUT2D eigenvalue weighted by Gasteiger charge is -2.28. The molecule has 0 saturated carbocycles. The fourth-order valence-corrected chi connectivity index (χ4v) is 4.02. The lowest BCUT2D eigenvalue weighted by Crippen LogP contribution is -2.48. The first kappa shape index (κ1) is 18.8. The minimum absolute atomic E-state index is 0.0500. The van der Waals surface area contributed by atoms with E-state index in [-0.39, 0.29) is 23.3 Å². The van der Waals surface area contributed by atoms with Crippen LogP contribution in [0.2, 0.25) is 0 Å². The lowest BCUT2D eigenvalue weighted by molar-refractivity contribution is -0.134. The number of amides is 2. The quantitative estimate of drug-likeness (QED) is 0.838. The van der Waals surface area contributed by atoms with Crippen LogP contribution in [0.25, 0.3) is 0 Å². The number of likely N-dealkylation sites (N-methyl/N-ethyl adjacent to an activating group) is 1. The monoisotopic (exact) mass is 348 g/mol. The van der Waals surface area contributed by atoms with Crippen LogP contribution in [0.5, 0.6) is 0 Å². The number of nitrogens with zero attached hydrogens (tertiary/aromatic N) is 2. The average Bonchev–Trinajstić information content (AvgIpc) is 3.04. The Kier molecular flexibility index (Phi) is 5.97. The molecule has 4 nitrogen and oxygen atoms in total. The van der Waals surface area contributed by atoms with Gasteiger partial charge in [-0.1, -0.05) is 32.9 Å². The Labute approximate surface area is 149 Å². The van der Waals surface area contributed by atoms with Crippen LogP contribution in [-0.2, 0) is 10.2 Å². The minimum atomic E-state index is -0.343. The lowest BCUT2D eigenvalue weighted by atomic mass is 9.86. The van der Waals surface area contributed by atoms with E-state index >= 15 is 0 Å². The molecule has 1 unspecified atom stereocenters. The highest BCUT2D eigenvalue weighted by atomic mass is 32.2. The van der Waals surface area contributed by atoms with Gasteiger partial charge >= 0.3 is 0 Å². The highest BCUT2D eigenvalue weighted by molar-refractivity contribution is 7.99. The van der Waals surface area contributed by atoms with Gasteiger partial charge in [-0.2, -0.15) is 0 Å². The van der Waals surface area contributed by atoms with Crippen molar-refractivity contribution in [1.82, 2.24) is 9.80 Å². The van der Waals surface area contributed by atoms with Crippen LogP contribution in [0, 0.1) is 0 Å². The molecule has 1 saturated heterocycles. The second-order valence-electron chi connectivity index (χ2n) is 7.13. The first-order chi connectivity index (χ1) is 11.3. The van der Waals surface area contributed by atoms with Crippen molar-refractivity contribution in [2.24, 2.45) is 0 Å². The van der Waals surface area contributed by atoms with Crippen LogP contribution in [-0.4, -0.2) is 52.4 Å². The van der Waals surface area contributed by atoms with Crippen LogP contribution < -0.4 is 0 Å². The summed E-state index contributed by atoms with van der Waals surface area (Å²) in [6.07, 6.45) is 0. The molecule has 0 N–H and O–H groups in total. The smallest absolute Gasteiger partial charge is 0.255 e. The van der Waals surface area contributed by atoms with Gasteiger partial charge in [-0.15, -0.1) is 11.8 Å². The summed E-state index contributed by atoms with van der Waals surface area (Å²) in [6, 6.07) is 7.44. The number of hydrogen-bond donors (Lipinski definition) is 0. The van der Waals surface area contributed by atoms with Gasteiger partial charge in [-0.3, -0.25) is 9.59 Å². The second-order valence-corrected chi connectivity index (χ2v) is 8.13. The van der Waals surface area contributed by atoms with Gasteiger partial charge in [0.2, 0.25) is 5.91 Å². The molecule has 0 radical (unpaired) electrons. The highest BCUT2D eigenvalue weighted by Crippen LogP contribution is 2.26. The molecule has 1 aliphatic heterocycles. The van der Waals surface area contributed by atoms with Crippen molar-refractivity contribution < 1.29 is 9.59 Å². The fourth-order valence-electron chi connectivity index (χ4n) is 2.87. The molecule has 1 aromatic carbocycles. The summed E-state index contributed by atoms with van der Waals surface area (Å²) in [5.41, 5.74) is 1.92. The maximum atomic E-state index is 12.9. The van der Waals surface area contributed by atoms with Crippen LogP contribution in [0.1, 0.15) is 50.5 Å². The Morgan fingerprint density at radius 3 is 2.25 bits per heavy atom. The van der Waals surface area contributed by atoms with E-state index in [9.17, 15) is 9.59 Å². The molecule has 0 spiro atoms. The topological polar surface area (TPSA) is 40.6 Å². The summed E-state index contributed by atoms with van der Waals surface area (Å²) in [4.78, 5) is 29.0. The number of benzene rings is 1. The van der Waals surface area contributed by atoms with Crippen molar-refractivity contribution in [3.63, 3.8) is 0 Å². The van der Waals surface area contributed by atoms with Crippen LogP contribution in [0.4, 0.5) is 0 Å². The SMILES string of the molecule is CCN(CC)C(=O)C1CSCN1C(=O)c1ccc(C(C)(C)C)cc1. The van der Waals surface area contributed by atoms with Gasteiger partial charge < -0.3 is 9.80 Å². The molecule has 5 heteroatoms. The third kappa shape index (κ3) is 3.94. The molecule has 2 rings (SSSR count). The van der Waals surface area contributed by atoms with E-state index in [0.717, 1.165) is 0 Å². The third-order valence-corrected chi connectivity index (χ3v) is 5.51. The number of hydrogen-bond acceptors (Lipinski definition) is 3. The van der Waals surface area contributed by atoms with E-state index in [1.54, 1.807) is 21.6 Å². The molecule has 1 aliphatic rings. The molecule has 1 aromatic rings. The Balaban J connectivity index is 2.17. The molecule has 24 heavy (non-hydrogen) atoms. The number of rotatable bonds is 4. The summed E-state index contributed by atoms with van der Waals surface area (Å²) in [6.45, 7) is 11.8. The van der Waals surface area contributed by atoms with Crippen molar-refractivity contribution in [1.29, 1.82) is 0 Å². The first-order valence-electron chi connectivity index (χ1n) is 8.57. The summed E-state index contributed by atoms with van der Waals surface area (Å²) in [5.74, 6) is 1.27. The van der Waals surface area contributed by atoms with Gasteiger partial charge in [0.15, 0.2) is 0 Å². The van der Waals surface area contributed by atoms with Crippen LogP contribution >= 0.6 is 11.8 Å². The zero-order valence-corrected chi connectivity index (χ0v) is 16.2. The molecule has 1 fully saturated rings. The molecule has 0 bridgehead atoms. The maximum Gasteiger partial charge on any atom is 0.255 e. The highest BCUT2D eigenvalue weighted by Gasteiger charge is 2.36. The zero-order chi connectivity index (χ0) is 17.9. The molecule has 0 aliphatic carbocycles. The Hall–Kier alpha value is -1.49. The van der Waals surface area contributed by atoms with Gasteiger partial charge in [-0.05, 0) is 37.0 Å². The zero-order valence-electron chi connectivity index (χ0n) is 15.3. The standard InChI is InChI=1S/C19H28N2O2S/c1-6-20(7-2)18(23)16-12-24-13-21(16)17(22)14-8-10-15(11-9-14)19(3,4)5/h8-11,16H,6-7,12-13H2,1-5H3. The van der Waals surface area contributed by atoms with Gasteiger partial charge in [0.25, 0.3) is 5.91 Å². The van der Waals surface area contributed by atoms with E-state index in [4.69, 9.17) is 0 Å². The van der Waals surface area contributed by atoms with Crippen molar-refractivity contribution in [2.45, 2.75) is 46.1 Å². The maximum absolute atomic E-state index is 12.9. The molecule has 1 heterocycles. The number of carbonyl (C=O) groups excluding carboxylic acids is 2. The van der Waals surface area contributed by atoms with Crippen LogP contribution in [0.3, 0.4) is 0 Å². The summed E-state index contributed by atoms with van der Waals surface area (Å²) >= 11 is 1.64. The Bertz CT molecular complexity index is 588. The Morgan fingerprint density at radius 2 is 1.75 bits per heavy atom. The van der Waals surface area contributed by atoms with Gasteiger partial charge in [0.1, 0.15) is 6.04 Å². The van der Waals surface area contributed by atoms with E-state index in [2.05, 4.69) is 20.8 Å². The van der Waals surface area contributed by atoms with E-state index in [0.29, 0.717) is 30.3 Å². The molecule has 2 amide bonds. The molecule has 1 atom stereocenters. The largest absolute Gasteiger partial charge is 0.341 e. The van der Waals surface area contributed by atoms with E-state index in [1.165, 1.54) is 5.56 Å². The van der Waals surface area contributed by atoms with Gasteiger partial charge in [0, 0.05) is 24.4 Å². The van der Waals surface area contributed by atoms with E-state index in [1.807, 2.05) is 38.1 Å². The average molecular weight is 349 g/mol.